The summed E-state index contributed by atoms with van der Waals surface area (Å²) in [6.07, 6.45) is 26.0. The fourth-order valence-corrected chi connectivity index (χ4v) is 5.47. The van der Waals surface area contributed by atoms with Gasteiger partial charge in [-0.1, -0.05) is 66.8 Å². The summed E-state index contributed by atoms with van der Waals surface area (Å²) in [6, 6.07) is 13.0. The molecule has 1 aliphatic heterocycles. The summed E-state index contributed by atoms with van der Waals surface area (Å²) in [6.45, 7) is 0. The predicted molar refractivity (Wildman–Crippen MR) is 131 cm³/mol. The first kappa shape index (κ1) is 17.6. The van der Waals surface area contributed by atoms with E-state index in [1.54, 1.807) is 0 Å². The summed E-state index contributed by atoms with van der Waals surface area (Å²) < 4.78 is 0. The molecular weight excluding hydrogens is 388 g/mol. The Morgan fingerprint density at radius 3 is 2.66 bits per heavy atom. The topological polar surface area (TPSA) is 25.2 Å². The zero-order valence-corrected chi connectivity index (χ0v) is 17.4. The number of allylic oxidation sites excluding steroid dienone is 12. The van der Waals surface area contributed by atoms with Gasteiger partial charge in [0.2, 0.25) is 0 Å². The summed E-state index contributed by atoms with van der Waals surface area (Å²) in [5.74, 6) is 0.274. The number of pyridine rings is 1. The minimum Gasteiger partial charge on any atom is -0.280 e. The fraction of sp³-hybridized carbons (Fsp3) is 0.0667. The zero-order chi connectivity index (χ0) is 21.1. The van der Waals surface area contributed by atoms with Crippen LogP contribution in [0.25, 0.3) is 16.7 Å². The highest BCUT2D eigenvalue weighted by Crippen LogP contribution is 2.51. The van der Waals surface area contributed by atoms with Crippen molar-refractivity contribution >= 4 is 11.8 Å². The smallest absolute Gasteiger partial charge is 0.100 e. The molecule has 0 N–H and O–H groups in total. The molecule has 2 aromatic rings. The van der Waals surface area contributed by atoms with Crippen molar-refractivity contribution in [1.29, 1.82) is 0 Å². The van der Waals surface area contributed by atoms with E-state index < -0.39 is 0 Å². The van der Waals surface area contributed by atoms with Crippen LogP contribution in [-0.2, 0) is 0 Å². The summed E-state index contributed by atoms with van der Waals surface area (Å²) in [5.41, 5.74) is 13.0. The molecule has 0 bridgehead atoms. The number of nitrogens with zero attached hydrogens (tertiary/aromatic N) is 2. The van der Waals surface area contributed by atoms with Gasteiger partial charge < -0.3 is 0 Å². The van der Waals surface area contributed by atoms with Crippen LogP contribution >= 0.6 is 0 Å². The first-order valence-electron chi connectivity index (χ1n) is 11.1. The van der Waals surface area contributed by atoms with Gasteiger partial charge in [0.1, 0.15) is 6.04 Å². The lowest BCUT2D eigenvalue weighted by Crippen LogP contribution is -2.29. The van der Waals surface area contributed by atoms with Crippen molar-refractivity contribution in [3.63, 3.8) is 0 Å². The normalized spacial score (nSPS) is 24.1. The van der Waals surface area contributed by atoms with E-state index >= 15 is 0 Å². The summed E-state index contributed by atoms with van der Waals surface area (Å²) >= 11 is 0. The van der Waals surface area contributed by atoms with Gasteiger partial charge >= 0.3 is 0 Å². The molecular formula is C30H20N2. The largest absolute Gasteiger partial charge is 0.280 e. The van der Waals surface area contributed by atoms with Gasteiger partial charge in [0.05, 0.1) is 0 Å². The summed E-state index contributed by atoms with van der Waals surface area (Å²) in [7, 11) is 0. The molecule has 1 aromatic heterocycles. The molecule has 2 heterocycles. The van der Waals surface area contributed by atoms with Crippen molar-refractivity contribution < 1.29 is 0 Å². The van der Waals surface area contributed by atoms with E-state index in [1.165, 1.54) is 50.1 Å². The number of aliphatic imine (C=N–C) groups is 1. The third kappa shape index (κ3) is 2.53. The van der Waals surface area contributed by atoms with Crippen LogP contribution in [0.5, 0.6) is 0 Å². The minimum atomic E-state index is 0.118. The van der Waals surface area contributed by atoms with Crippen LogP contribution in [0.1, 0.15) is 5.56 Å². The Bertz CT molecular complexity index is 1450. The quantitative estimate of drug-likeness (QED) is 0.567. The Hall–Kier alpha value is -4.04. The molecule has 150 valence electrons. The maximum Gasteiger partial charge on any atom is 0.100 e. The molecule has 2 unspecified atom stereocenters. The molecule has 2 atom stereocenters. The Balaban J connectivity index is 1.38. The fourth-order valence-electron chi connectivity index (χ4n) is 5.47. The Labute approximate surface area is 187 Å². The highest BCUT2D eigenvalue weighted by molar-refractivity contribution is 5.88. The lowest BCUT2D eigenvalue weighted by Gasteiger charge is -2.39. The van der Waals surface area contributed by atoms with E-state index in [9.17, 15) is 0 Å². The number of aromatic nitrogens is 1. The molecule has 32 heavy (non-hydrogen) atoms. The highest BCUT2D eigenvalue weighted by Gasteiger charge is 2.38. The van der Waals surface area contributed by atoms with Gasteiger partial charge in [-0.3, -0.25) is 9.98 Å². The number of hydrogen-bond donors (Lipinski definition) is 0. The molecule has 0 fully saturated rings. The van der Waals surface area contributed by atoms with Crippen LogP contribution in [-0.4, -0.2) is 17.2 Å². The third-order valence-corrected chi connectivity index (χ3v) is 6.92. The molecule has 0 amide bonds. The number of dihydropyridines is 1. The van der Waals surface area contributed by atoms with Crippen molar-refractivity contribution in [3.05, 3.63) is 142 Å². The average molecular weight is 409 g/mol. The van der Waals surface area contributed by atoms with Gasteiger partial charge in [-0.15, -0.1) is 0 Å². The Kier molecular flexibility index (Phi) is 3.71. The van der Waals surface area contributed by atoms with Crippen molar-refractivity contribution in [2.75, 3.05) is 0 Å². The summed E-state index contributed by atoms with van der Waals surface area (Å²) in [5, 5.41) is 0. The molecule has 2 heteroatoms. The molecule has 0 saturated carbocycles. The van der Waals surface area contributed by atoms with Crippen molar-refractivity contribution in [3.8, 4) is 11.1 Å². The van der Waals surface area contributed by atoms with E-state index in [4.69, 9.17) is 4.99 Å². The van der Waals surface area contributed by atoms with Gasteiger partial charge in [0, 0.05) is 30.1 Å². The monoisotopic (exact) mass is 408 g/mol. The van der Waals surface area contributed by atoms with E-state index in [1.807, 2.05) is 30.8 Å². The van der Waals surface area contributed by atoms with Crippen LogP contribution in [0.3, 0.4) is 0 Å². The van der Waals surface area contributed by atoms with Crippen molar-refractivity contribution in [1.82, 2.24) is 4.98 Å². The summed E-state index contributed by atoms with van der Waals surface area (Å²) in [4.78, 5) is 9.10. The minimum absolute atomic E-state index is 0.118. The standard InChI is InChI=1S/C30H20N2/c1-4-20(24-7-2-14-31-18-24)16-21(5-1)25-11-8-19-9-13-27-29-22(10-12-26(25)28(19)29)17-23-6-3-15-32-30(23)27/h1-18,28,30H. The van der Waals surface area contributed by atoms with Gasteiger partial charge in [-0.25, -0.2) is 0 Å². The van der Waals surface area contributed by atoms with Crippen LogP contribution in [0.2, 0.25) is 0 Å². The van der Waals surface area contributed by atoms with Crippen molar-refractivity contribution in [2.45, 2.75) is 6.04 Å². The molecule has 2 nitrogen and oxygen atoms in total. The second-order valence-corrected chi connectivity index (χ2v) is 8.65. The van der Waals surface area contributed by atoms with Gasteiger partial charge in [0.15, 0.2) is 0 Å². The molecule has 0 saturated heterocycles. The molecule has 0 spiro atoms. The number of hydrogen-bond acceptors (Lipinski definition) is 2. The van der Waals surface area contributed by atoms with Gasteiger partial charge in [-0.2, -0.15) is 0 Å². The lowest BCUT2D eigenvalue weighted by atomic mass is 9.65. The van der Waals surface area contributed by atoms with E-state index in [0.29, 0.717) is 0 Å². The van der Waals surface area contributed by atoms with Crippen LogP contribution in [0.4, 0.5) is 0 Å². The molecule has 1 aromatic carbocycles. The Morgan fingerprint density at radius 2 is 1.72 bits per heavy atom. The third-order valence-electron chi connectivity index (χ3n) is 6.92. The van der Waals surface area contributed by atoms with Crippen LogP contribution < -0.4 is 0 Å². The van der Waals surface area contributed by atoms with Crippen LogP contribution in [0, 0.1) is 5.92 Å². The first-order chi connectivity index (χ1) is 15.9. The number of benzene rings is 1. The maximum absolute atomic E-state index is 4.80. The zero-order valence-electron chi connectivity index (χ0n) is 17.4. The lowest BCUT2D eigenvalue weighted by molar-refractivity contribution is 0.786. The second kappa shape index (κ2) is 6.73. The van der Waals surface area contributed by atoms with E-state index in [2.05, 4.69) is 83.9 Å². The van der Waals surface area contributed by atoms with Crippen molar-refractivity contribution in [2.24, 2.45) is 10.9 Å². The van der Waals surface area contributed by atoms with Crippen LogP contribution in [0.15, 0.2) is 142 Å². The highest BCUT2D eigenvalue weighted by atomic mass is 14.8. The molecule has 7 rings (SSSR count). The predicted octanol–water partition coefficient (Wildman–Crippen LogP) is 6.37. The molecule has 5 aliphatic rings. The first-order valence-corrected chi connectivity index (χ1v) is 11.1. The molecule has 0 radical (unpaired) electrons. The number of rotatable bonds is 2. The number of fused-ring (bicyclic) bond motifs is 2. The SMILES string of the molecule is C1=CC2=CC3=C4C(=CC=C5C=CC(c6cccc(-c7cccnc7)c6)=C(C=C3)C54)C2N=C1. The van der Waals surface area contributed by atoms with Gasteiger partial charge in [-0.05, 0) is 74.4 Å². The second-order valence-electron chi connectivity index (χ2n) is 8.65. The van der Waals surface area contributed by atoms with E-state index in [-0.39, 0.29) is 12.0 Å². The van der Waals surface area contributed by atoms with E-state index in [0.717, 1.165) is 5.56 Å². The Morgan fingerprint density at radius 1 is 0.781 bits per heavy atom. The maximum atomic E-state index is 4.80. The average Bonchev–Trinajstić information content (AvgIpc) is 2.87. The molecule has 4 aliphatic carbocycles. The van der Waals surface area contributed by atoms with Gasteiger partial charge in [0.25, 0.3) is 0 Å².